The fraction of sp³-hybridized carbons (Fsp3) is 0.538. The van der Waals surface area contributed by atoms with E-state index in [-0.39, 0.29) is 13.0 Å². The second-order valence-electron chi connectivity index (χ2n) is 4.03. The quantitative estimate of drug-likeness (QED) is 0.537. The molecule has 0 saturated carbocycles. The van der Waals surface area contributed by atoms with Crippen molar-refractivity contribution >= 4 is 15.9 Å². The first-order chi connectivity index (χ1) is 9.41. The largest absolute Gasteiger partial charge is 0.493 e. The zero-order valence-corrected chi connectivity index (χ0v) is 12.8. The van der Waals surface area contributed by atoms with Gasteiger partial charge in [-0.2, -0.15) is 13.2 Å². The average Bonchev–Trinajstić information content (AvgIpc) is 2.41. The summed E-state index contributed by atoms with van der Waals surface area (Å²) in [5, 5.41) is 0.605. The van der Waals surface area contributed by atoms with Crippen LogP contribution < -0.4 is 14.2 Å². The number of hydrogen-bond donors (Lipinski definition) is 0. The number of methoxy groups -OCH3 is 2. The third-order valence-corrected chi connectivity index (χ3v) is 3.17. The highest BCUT2D eigenvalue weighted by molar-refractivity contribution is 9.08. The molecule has 7 heteroatoms. The lowest BCUT2D eigenvalue weighted by atomic mass is 10.2. The Morgan fingerprint density at radius 2 is 1.65 bits per heavy atom. The Morgan fingerprint density at radius 3 is 2.05 bits per heavy atom. The van der Waals surface area contributed by atoms with Crippen LogP contribution in [0.2, 0.25) is 0 Å². The van der Waals surface area contributed by atoms with Gasteiger partial charge in [0.05, 0.1) is 20.8 Å². The Bertz CT molecular complexity index is 410. The Hall–Kier alpha value is -1.11. The molecule has 0 N–H and O–H groups in total. The molecule has 0 aromatic heterocycles. The molecule has 3 nitrogen and oxygen atoms in total. The Kier molecular flexibility index (Phi) is 6.45. The first-order valence-corrected chi connectivity index (χ1v) is 7.04. The predicted octanol–water partition coefficient (Wildman–Crippen LogP) is 4.32. The van der Waals surface area contributed by atoms with E-state index in [1.165, 1.54) is 14.2 Å². The maximum Gasteiger partial charge on any atom is 0.389 e. The highest BCUT2D eigenvalue weighted by Crippen LogP contribution is 2.39. The molecule has 1 aromatic carbocycles. The molecule has 0 spiro atoms. The molecule has 20 heavy (non-hydrogen) atoms. The molecule has 1 aromatic rings. The van der Waals surface area contributed by atoms with Gasteiger partial charge in [0.2, 0.25) is 5.75 Å². The molecule has 114 valence electrons. The van der Waals surface area contributed by atoms with Crippen LogP contribution in [0, 0.1) is 0 Å². The van der Waals surface area contributed by atoms with Crippen molar-refractivity contribution in [1.82, 2.24) is 0 Å². The zero-order valence-electron chi connectivity index (χ0n) is 11.2. The lowest BCUT2D eigenvalue weighted by Crippen LogP contribution is -2.10. The topological polar surface area (TPSA) is 27.7 Å². The van der Waals surface area contributed by atoms with Crippen LogP contribution in [0.3, 0.4) is 0 Å². The minimum absolute atomic E-state index is 0.0557. The van der Waals surface area contributed by atoms with Gasteiger partial charge in [-0.3, -0.25) is 0 Å². The van der Waals surface area contributed by atoms with Crippen molar-refractivity contribution in [3.8, 4) is 17.2 Å². The van der Waals surface area contributed by atoms with Crippen molar-refractivity contribution in [2.75, 3.05) is 20.8 Å². The van der Waals surface area contributed by atoms with E-state index in [0.29, 0.717) is 22.6 Å². The Balaban J connectivity index is 2.77. The molecule has 0 bridgehead atoms. The standard InChI is InChI=1S/C13H16BrF3O3/c1-18-10-6-9(8-14)7-11(19-2)12(10)20-5-3-4-13(15,16)17/h6-7H,3-5,8H2,1-2H3. The summed E-state index contributed by atoms with van der Waals surface area (Å²) in [6.07, 6.45) is -5.16. The monoisotopic (exact) mass is 356 g/mol. The first kappa shape index (κ1) is 16.9. The van der Waals surface area contributed by atoms with Crippen LogP contribution in [0.15, 0.2) is 12.1 Å². The van der Waals surface area contributed by atoms with Gasteiger partial charge in [0.1, 0.15) is 0 Å². The van der Waals surface area contributed by atoms with Crippen molar-refractivity contribution in [1.29, 1.82) is 0 Å². The zero-order chi connectivity index (χ0) is 15.2. The summed E-state index contributed by atoms with van der Waals surface area (Å²) in [6, 6.07) is 3.49. The second-order valence-corrected chi connectivity index (χ2v) is 4.59. The minimum Gasteiger partial charge on any atom is -0.493 e. The normalized spacial score (nSPS) is 11.3. The van der Waals surface area contributed by atoms with Crippen LogP contribution in [-0.2, 0) is 5.33 Å². The summed E-state index contributed by atoms with van der Waals surface area (Å²) >= 11 is 3.32. The molecule has 0 saturated heterocycles. The molecule has 0 unspecified atom stereocenters. The summed E-state index contributed by atoms with van der Waals surface area (Å²) in [4.78, 5) is 0. The van der Waals surface area contributed by atoms with Crippen LogP contribution in [0.5, 0.6) is 17.2 Å². The van der Waals surface area contributed by atoms with Crippen LogP contribution in [-0.4, -0.2) is 27.0 Å². The van der Waals surface area contributed by atoms with Gasteiger partial charge in [-0.25, -0.2) is 0 Å². The highest BCUT2D eigenvalue weighted by Gasteiger charge is 2.26. The molecule has 1 rings (SSSR count). The van der Waals surface area contributed by atoms with Gasteiger partial charge in [0, 0.05) is 11.8 Å². The number of benzene rings is 1. The third-order valence-electron chi connectivity index (χ3n) is 2.53. The van der Waals surface area contributed by atoms with Crippen molar-refractivity contribution in [2.45, 2.75) is 24.3 Å². The van der Waals surface area contributed by atoms with Gasteiger partial charge >= 0.3 is 6.18 Å². The molecule has 0 heterocycles. The molecule has 0 amide bonds. The molecular formula is C13H16BrF3O3. The van der Waals surface area contributed by atoms with Crippen LogP contribution in [0.1, 0.15) is 18.4 Å². The Labute approximate surface area is 124 Å². The van der Waals surface area contributed by atoms with E-state index in [2.05, 4.69) is 15.9 Å². The van der Waals surface area contributed by atoms with Crippen molar-refractivity contribution in [3.63, 3.8) is 0 Å². The van der Waals surface area contributed by atoms with Crippen molar-refractivity contribution < 1.29 is 27.4 Å². The van der Waals surface area contributed by atoms with Gasteiger partial charge in [-0.1, -0.05) is 15.9 Å². The summed E-state index contributed by atoms with van der Waals surface area (Å²) in [5.41, 5.74) is 0.918. The molecule has 0 atom stereocenters. The van der Waals surface area contributed by atoms with Crippen LogP contribution in [0.25, 0.3) is 0 Å². The van der Waals surface area contributed by atoms with E-state index in [0.717, 1.165) is 5.56 Å². The highest BCUT2D eigenvalue weighted by atomic mass is 79.9. The lowest BCUT2D eigenvalue weighted by molar-refractivity contribution is -0.136. The van der Waals surface area contributed by atoms with Gasteiger partial charge in [0.25, 0.3) is 0 Å². The average molecular weight is 357 g/mol. The summed E-state index contributed by atoms with van der Waals surface area (Å²) in [7, 11) is 2.94. The summed E-state index contributed by atoms with van der Waals surface area (Å²) in [5.74, 6) is 1.19. The number of rotatable bonds is 7. The summed E-state index contributed by atoms with van der Waals surface area (Å²) < 4.78 is 51.9. The molecule has 0 aliphatic heterocycles. The number of halogens is 4. The van der Waals surface area contributed by atoms with E-state index in [1.54, 1.807) is 12.1 Å². The number of alkyl halides is 4. The maximum absolute atomic E-state index is 12.1. The fourth-order valence-corrected chi connectivity index (χ4v) is 1.92. The maximum atomic E-state index is 12.1. The third kappa shape index (κ3) is 5.11. The van der Waals surface area contributed by atoms with Crippen LogP contribution >= 0.6 is 15.9 Å². The van der Waals surface area contributed by atoms with Crippen molar-refractivity contribution in [2.24, 2.45) is 0 Å². The van der Waals surface area contributed by atoms with E-state index >= 15 is 0 Å². The van der Waals surface area contributed by atoms with E-state index in [1.807, 2.05) is 0 Å². The van der Waals surface area contributed by atoms with Gasteiger partial charge in [-0.15, -0.1) is 0 Å². The van der Waals surface area contributed by atoms with E-state index < -0.39 is 12.6 Å². The second kappa shape index (κ2) is 7.61. The molecule has 0 fully saturated rings. The Morgan fingerprint density at radius 1 is 1.10 bits per heavy atom. The van der Waals surface area contributed by atoms with Crippen molar-refractivity contribution in [3.05, 3.63) is 17.7 Å². The molecule has 0 aliphatic rings. The van der Waals surface area contributed by atoms with Crippen LogP contribution in [0.4, 0.5) is 13.2 Å². The van der Waals surface area contributed by atoms with Gasteiger partial charge in [-0.05, 0) is 24.1 Å². The minimum atomic E-state index is -4.17. The van der Waals surface area contributed by atoms with Gasteiger partial charge < -0.3 is 14.2 Å². The first-order valence-electron chi connectivity index (χ1n) is 5.91. The summed E-state index contributed by atoms with van der Waals surface area (Å²) in [6.45, 7) is -0.0557. The lowest BCUT2D eigenvalue weighted by Gasteiger charge is -2.16. The molecular weight excluding hydrogens is 341 g/mol. The number of hydrogen-bond acceptors (Lipinski definition) is 3. The molecule has 0 aliphatic carbocycles. The molecule has 0 radical (unpaired) electrons. The van der Waals surface area contributed by atoms with E-state index in [9.17, 15) is 13.2 Å². The predicted molar refractivity (Wildman–Crippen MR) is 73.0 cm³/mol. The fourth-order valence-electron chi connectivity index (χ4n) is 1.60. The van der Waals surface area contributed by atoms with E-state index in [4.69, 9.17) is 14.2 Å². The number of ether oxygens (including phenoxy) is 3. The van der Waals surface area contributed by atoms with Gasteiger partial charge in [0.15, 0.2) is 11.5 Å². The SMILES string of the molecule is COc1cc(CBr)cc(OC)c1OCCCC(F)(F)F. The smallest absolute Gasteiger partial charge is 0.389 e.